The van der Waals surface area contributed by atoms with E-state index < -0.39 is 0 Å². The normalized spacial score (nSPS) is 14.4. The summed E-state index contributed by atoms with van der Waals surface area (Å²) in [5.74, 6) is 0.743. The van der Waals surface area contributed by atoms with E-state index in [1.807, 2.05) is 43.3 Å². The largest absolute Gasteiger partial charge is 0.355 e. The number of nitrogens with one attached hydrogen (secondary N) is 1. The zero-order valence-corrected chi connectivity index (χ0v) is 19.1. The minimum Gasteiger partial charge on any atom is -0.355 e. The molecule has 0 unspecified atom stereocenters. The van der Waals surface area contributed by atoms with Gasteiger partial charge in [-0.05, 0) is 61.6 Å². The van der Waals surface area contributed by atoms with E-state index >= 15 is 0 Å². The molecule has 1 aliphatic heterocycles. The first-order valence-electron chi connectivity index (χ1n) is 11.0. The average Bonchev–Trinajstić information content (AvgIpc) is 2.82. The fourth-order valence-corrected chi connectivity index (χ4v) is 4.20. The summed E-state index contributed by atoms with van der Waals surface area (Å²) < 4.78 is 1.38. The van der Waals surface area contributed by atoms with Crippen molar-refractivity contribution < 1.29 is 4.79 Å². The number of carbonyl (C=O) groups is 1. The lowest BCUT2D eigenvalue weighted by Crippen LogP contribution is -2.39. The van der Waals surface area contributed by atoms with Crippen molar-refractivity contribution in [2.24, 2.45) is 5.92 Å². The van der Waals surface area contributed by atoms with Gasteiger partial charge in [-0.3, -0.25) is 9.59 Å². The van der Waals surface area contributed by atoms with Crippen LogP contribution in [0, 0.1) is 12.8 Å². The zero-order chi connectivity index (χ0) is 22.7. The molecule has 3 aromatic rings. The van der Waals surface area contributed by atoms with Gasteiger partial charge in [0.15, 0.2) is 0 Å². The highest BCUT2D eigenvalue weighted by Gasteiger charge is 2.26. The van der Waals surface area contributed by atoms with Crippen LogP contribution in [0.3, 0.4) is 0 Å². The van der Waals surface area contributed by atoms with Crippen LogP contribution in [0.2, 0.25) is 5.02 Å². The number of aromatic nitrogens is 2. The molecule has 0 bridgehead atoms. The Morgan fingerprint density at radius 3 is 2.59 bits per heavy atom. The summed E-state index contributed by atoms with van der Waals surface area (Å²) in [7, 11) is 0. The number of anilines is 2. The third-order valence-electron chi connectivity index (χ3n) is 6.03. The number of halogens is 1. The first-order valence-corrected chi connectivity index (χ1v) is 11.3. The number of para-hydroxylation sites is 1. The third-order valence-corrected chi connectivity index (χ3v) is 6.44. The Balaban J connectivity index is 1.44. The molecule has 0 aliphatic carbocycles. The van der Waals surface area contributed by atoms with Crippen molar-refractivity contribution in [3.63, 3.8) is 0 Å². The second kappa shape index (κ2) is 9.57. The van der Waals surface area contributed by atoms with E-state index in [1.54, 1.807) is 12.1 Å². The summed E-state index contributed by atoms with van der Waals surface area (Å²) in [6.07, 6.45) is 2.34. The monoisotopic (exact) mass is 450 g/mol. The second-order valence-electron chi connectivity index (χ2n) is 8.14. The maximum Gasteiger partial charge on any atom is 0.271 e. The van der Waals surface area contributed by atoms with Crippen LogP contribution in [-0.2, 0) is 11.2 Å². The average molecular weight is 451 g/mol. The zero-order valence-electron chi connectivity index (χ0n) is 18.3. The number of hydrogen-bond donors (Lipinski definition) is 1. The van der Waals surface area contributed by atoms with Crippen LogP contribution in [0.25, 0.3) is 5.69 Å². The second-order valence-corrected chi connectivity index (χ2v) is 8.54. The molecule has 0 spiro atoms. The van der Waals surface area contributed by atoms with E-state index in [4.69, 9.17) is 11.6 Å². The van der Waals surface area contributed by atoms with Gasteiger partial charge in [-0.15, -0.1) is 5.10 Å². The topological polar surface area (TPSA) is 67.2 Å². The lowest BCUT2D eigenvalue weighted by Gasteiger charge is -2.32. The molecule has 2 aromatic carbocycles. The van der Waals surface area contributed by atoms with Crippen LogP contribution < -0.4 is 15.8 Å². The predicted molar refractivity (Wildman–Crippen MR) is 129 cm³/mol. The smallest absolute Gasteiger partial charge is 0.271 e. The van der Waals surface area contributed by atoms with E-state index in [1.165, 1.54) is 10.7 Å². The number of rotatable bonds is 5. The van der Waals surface area contributed by atoms with Crippen molar-refractivity contribution in [2.45, 2.75) is 33.1 Å². The van der Waals surface area contributed by atoms with Crippen molar-refractivity contribution in [1.29, 1.82) is 0 Å². The Hall–Kier alpha value is -3.12. The summed E-state index contributed by atoms with van der Waals surface area (Å²) in [6, 6.07) is 16.7. The molecule has 32 heavy (non-hydrogen) atoms. The third kappa shape index (κ3) is 4.70. The SMILES string of the molecule is CCc1ccccc1NC(=O)C1CCN(c2ccc(=O)n(-c3ccc(C)c(Cl)c3)n2)CC1. The van der Waals surface area contributed by atoms with Crippen LogP contribution in [0.15, 0.2) is 59.4 Å². The molecule has 6 nitrogen and oxygen atoms in total. The molecule has 2 heterocycles. The van der Waals surface area contributed by atoms with Crippen LogP contribution in [-0.4, -0.2) is 28.8 Å². The van der Waals surface area contributed by atoms with Gasteiger partial charge in [-0.2, -0.15) is 4.68 Å². The Labute approximate surface area is 192 Å². The van der Waals surface area contributed by atoms with Gasteiger partial charge in [-0.1, -0.05) is 42.8 Å². The summed E-state index contributed by atoms with van der Waals surface area (Å²) in [5, 5.41) is 8.27. The van der Waals surface area contributed by atoms with E-state index in [2.05, 4.69) is 22.2 Å². The Morgan fingerprint density at radius 1 is 1.12 bits per heavy atom. The summed E-state index contributed by atoms with van der Waals surface area (Å²) >= 11 is 6.24. The molecule has 1 amide bonds. The number of nitrogens with zero attached hydrogens (tertiary/aromatic N) is 3. The predicted octanol–water partition coefficient (Wildman–Crippen LogP) is 4.61. The molecule has 1 aromatic heterocycles. The summed E-state index contributed by atoms with van der Waals surface area (Å²) in [4.78, 5) is 27.3. The molecular formula is C25H27ClN4O2. The van der Waals surface area contributed by atoms with Gasteiger partial charge in [0.25, 0.3) is 5.56 Å². The molecule has 1 aliphatic rings. The maximum absolute atomic E-state index is 12.8. The van der Waals surface area contributed by atoms with E-state index in [9.17, 15) is 9.59 Å². The molecular weight excluding hydrogens is 424 g/mol. The Kier molecular flexibility index (Phi) is 6.61. The van der Waals surface area contributed by atoms with Crippen molar-refractivity contribution >= 4 is 29.0 Å². The molecule has 0 radical (unpaired) electrons. The highest BCUT2D eigenvalue weighted by Crippen LogP contribution is 2.25. The Bertz CT molecular complexity index is 1180. The molecule has 4 rings (SSSR count). The van der Waals surface area contributed by atoms with Gasteiger partial charge >= 0.3 is 0 Å². The number of carbonyl (C=O) groups excluding carboxylic acids is 1. The van der Waals surface area contributed by atoms with Crippen molar-refractivity contribution in [3.05, 3.63) is 81.1 Å². The number of hydrogen-bond acceptors (Lipinski definition) is 4. The number of piperidine rings is 1. The highest BCUT2D eigenvalue weighted by molar-refractivity contribution is 6.31. The molecule has 1 saturated heterocycles. The minimum atomic E-state index is -0.211. The van der Waals surface area contributed by atoms with Gasteiger partial charge in [0.1, 0.15) is 5.82 Å². The molecule has 1 fully saturated rings. The Morgan fingerprint density at radius 2 is 1.88 bits per heavy atom. The van der Waals surface area contributed by atoms with E-state index in [0.717, 1.165) is 41.9 Å². The van der Waals surface area contributed by atoms with Crippen molar-refractivity contribution in [3.8, 4) is 5.69 Å². The van der Waals surface area contributed by atoms with E-state index in [-0.39, 0.29) is 17.4 Å². The summed E-state index contributed by atoms with van der Waals surface area (Å²) in [5.41, 5.74) is 3.41. The van der Waals surface area contributed by atoms with Crippen LogP contribution in [0.5, 0.6) is 0 Å². The molecule has 7 heteroatoms. The van der Waals surface area contributed by atoms with Crippen molar-refractivity contribution in [1.82, 2.24) is 9.78 Å². The van der Waals surface area contributed by atoms with Crippen LogP contribution >= 0.6 is 11.6 Å². The lowest BCUT2D eigenvalue weighted by atomic mass is 9.95. The van der Waals surface area contributed by atoms with Crippen LogP contribution in [0.4, 0.5) is 11.5 Å². The number of amides is 1. The minimum absolute atomic E-state index is 0.0435. The van der Waals surface area contributed by atoms with Gasteiger partial charge in [-0.25, -0.2) is 0 Å². The molecule has 0 saturated carbocycles. The molecule has 166 valence electrons. The highest BCUT2D eigenvalue weighted by atomic mass is 35.5. The quantitative estimate of drug-likeness (QED) is 0.616. The van der Waals surface area contributed by atoms with Gasteiger partial charge in [0.05, 0.1) is 5.69 Å². The summed E-state index contributed by atoms with van der Waals surface area (Å²) in [6.45, 7) is 5.40. The first kappa shape index (κ1) is 22.1. The fraction of sp³-hybridized carbons (Fsp3) is 0.320. The van der Waals surface area contributed by atoms with E-state index in [0.29, 0.717) is 23.8 Å². The standard InChI is InChI=1S/C25H27ClN4O2/c1-3-18-6-4-5-7-22(18)27-25(32)19-12-14-29(15-13-19)23-10-11-24(31)30(28-23)20-9-8-17(2)21(26)16-20/h4-11,16,19H,3,12-15H2,1-2H3,(H,27,32). The van der Waals surface area contributed by atoms with Crippen molar-refractivity contribution in [2.75, 3.05) is 23.3 Å². The van der Waals surface area contributed by atoms with Gasteiger partial charge < -0.3 is 10.2 Å². The molecule has 1 N–H and O–H groups in total. The van der Waals surface area contributed by atoms with Gasteiger partial charge in [0.2, 0.25) is 5.91 Å². The maximum atomic E-state index is 12.8. The fourth-order valence-electron chi connectivity index (χ4n) is 4.02. The lowest BCUT2D eigenvalue weighted by molar-refractivity contribution is -0.120. The van der Waals surface area contributed by atoms with Gasteiger partial charge in [0, 0.05) is 35.8 Å². The number of aryl methyl sites for hydroxylation is 2. The first-order chi connectivity index (χ1) is 15.5. The molecule has 0 atom stereocenters. The number of benzene rings is 2. The van der Waals surface area contributed by atoms with Crippen LogP contribution in [0.1, 0.15) is 30.9 Å².